The van der Waals surface area contributed by atoms with E-state index < -0.39 is 0 Å². The zero-order valence-corrected chi connectivity index (χ0v) is 14.5. The Balaban J connectivity index is 0.000000621. The van der Waals surface area contributed by atoms with Gasteiger partial charge in [-0.15, -0.1) is 0 Å². The predicted molar refractivity (Wildman–Crippen MR) is 90.9 cm³/mol. The molecular weight excluding hydrogens is 316 g/mol. The maximum absolute atomic E-state index is 9.27. The average Bonchev–Trinajstić information content (AvgIpc) is 2.39. The fourth-order valence-corrected chi connectivity index (χ4v) is 2.43. The van der Waals surface area contributed by atoms with E-state index in [4.69, 9.17) is 0 Å². The minimum absolute atomic E-state index is 0.151. The summed E-state index contributed by atoms with van der Waals surface area (Å²) in [4.78, 5) is 0. The van der Waals surface area contributed by atoms with Gasteiger partial charge in [0.05, 0.1) is 0 Å². The summed E-state index contributed by atoms with van der Waals surface area (Å²) in [5, 5.41) is 19.7. The molecule has 0 bridgehead atoms. The molecule has 0 radical (unpaired) electrons. The molecule has 2 nitrogen and oxygen atoms in total. The molecule has 0 saturated carbocycles. The highest BCUT2D eigenvalue weighted by Gasteiger charge is 1.99. The standard InChI is InChI=1S/C13H20O2.C4H9Br/c1-2-3-4-5-6-7-11-8-12(14)10-13(15)9-11;1-2-3-4-5/h8-10,14-15H,2-7H2,1H3;2-4H2,1H3. The third-order valence-corrected chi connectivity index (χ3v) is 3.58. The molecule has 0 unspecified atom stereocenters. The first-order valence-electron chi connectivity index (χ1n) is 7.71. The number of unbranched alkanes of at least 4 members (excludes halogenated alkanes) is 5. The average molecular weight is 345 g/mol. The van der Waals surface area contributed by atoms with Gasteiger partial charge in [0.2, 0.25) is 0 Å². The lowest BCUT2D eigenvalue weighted by Crippen LogP contribution is -1.86. The van der Waals surface area contributed by atoms with Crippen LogP contribution < -0.4 is 0 Å². The predicted octanol–water partition coefficient (Wildman–Crippen LogP) is 5.79. The van der Waals surface area contributed by atoms with E-state index in [1.54, 1.807) is 12.1 Å². The Morgan fingerprint density at radius 3 is 1.80 bits per heavy atom. The fraction of sp³-hybridized carbons (Fsp3) is 0.647. The van der Waals surface area contributed by atoms with Gasteiger partial charge in [0, 0.05) is 11.4 Å². The van der Waals surface area contributed by atoms with Crippen molar-refractivity contribution in [3.63, 3.8) is 0 Å². The van der Waals surface area contributed by atoms with E-state index in [0.29, 0.717) is 0 Å². The molecule has 116 valence electrons. The molecule has 0 amide bonds. The molecule has 1 aromatic carbocycles. The number of phenolic OH excluding ortho intramolecular Hbond substituents is 2. The molecule has 1 aromatic rings. The van der Waals surface area contributed by atoms with Crippen molar-refractivity contribution in [2.24, 2.45) is 0 Å². The van der Waals surface area contributed by atoms with Crippen molar-refractivity contribution >= 4 is 15.9 Å². The summed E-state index contributed by atoms with van der Waals surface area (Å²) in [6.45, 7) is 4.38. The second-order valence-electron chi connectivity index (χ2n) is 5.06. The van der Waals surface area contributed by atoms with Gasteiger partial charge in [-0.05, 0) is 37.0 Å². The number of alkyl halides is 1. The van der Waals surface area contributed by atoms with E-state index in [2.05, 4.69) is 29.8 Å². The van der Waals surface area contributed by atoms with E-state index in [1.807, 2.05) is 0 Å². The first-order valence-corrected chi connectivity index (χ1v) is 8.84. The van der Waals surface area contributed by atoms with E-state index in [-0.39, 0.29) is 11.5 Å². The number of phenols is 2. The van der Waals surface area contributed by atoms with Crippen LogP contribution in [0.4, 0.5) is 0 Å². The van der Waals surface area contributed by atoms with Crippen molar-refractivity contribution in [1.29, 1.82) is 0 Å². The summed E-state index contributed by atoms with van der Waals surface area (Å²) in [6.07, 6.45) is 9.73. The zero-order valence-electron chi connectivity index (χ0n) is 12.9. The van der Waals surface area contributed by atoms with Gasteiger partial charge in [-0.2, -0.15) is 0 Å². The van der Waals surface area contributed by atoms with Crippen LogP contribution in [-0.2, 0) is 6.42 Å². The Morgan fingerprint density at radius 1 is 0.800 bits per heavy atom. The molecule has 2 N–H and O–H groups in total. The van der Waals surface area contributed by atoms with E-state index in [0.717, 1.165) is 23.7 Å². The maximum atomic E-state index is 9.27. The van der Waals surface area contributed by atoms with Gasteiger partial charge in [-0.25, -0.2) is 0 Å². The van der Waals surface area contributed by atoms with Gasteiger partial charge in [-0.3, -0.25) is 0 Å². The fourth-order valence-electron chi connectivity index (χ4n) is 1.87. The number of hydrogen-bond donors (Lipinski definition) is 2. The minimum Gasteiger partial charge on any atom is -0.508 e. The van der Waals surface area contributed by atoms with Gasteiger partial charge in [-0.1, -0.05) is 61.9 Å². The number of hydrogen-bond acceptors (Lipinski definition) is 2. The molecule has 1 rings (SSSR count). The highest BCUT2D eigenvalue weighted by atomic mass is 79.9. The van der Waals surface area contributed by atoms with Crippen molar-refractivity contribution in [3.8, 4) is 11.5 Å². The second kappa shape index (κ2) is 13.3. The number of aromatic hydroxyl groups is 2. The molecule has 0 aliphatic heterocycles. The van der Waals surface area contributed by atoms with E-state index in [1.165, 1.54) is 44.6 Å². The van der Waals surface area contributed by atoms with Gasteiger partial charge in [0.15, 0.2) is 0 Å². The molecule has 0 aliphatic rings. The lowest BCUT2D eigenvalue weighted by atomic mass is 10.1. The molecule has 0 fully saturated rings. The van der Waals surface area contributed by atoms with Crippen LogP contribution in [0.15, 0.2) is 18.2 Å². The molecule has 3 heteroatoms. The summed E-state index contributed by atoms with van der Waals surface area (Å²) < 4.78 is 0. The van der Waals surface area contributed by atoms with Crippen LogP contribution in [0, 0.1) is 0 Å². The SMILES string of the molecule is CCCCBr.CCCCCCCc1cc(O)cc(O)c1. The molecule has 0 spiro atoms. The molecule has 0 heterocycles. The molecule has 0 atom stereocenters. The normalized spacial score (nSPS) is 9.95. The molecule has 0 aromatic heterocycles. The second-order valence-corrected chi connectivity index (χ2v) is 5.86. The maximum Gasteiger partial charge on any atom is 0.119 e. The summed E-state index contributed by atoms with van der Waals surface area (Å²) in [7, 11) is 0. The summed E-state index contributed by atoms with van der Waals surface area (Å²) in [5.41, 5.74) is 1.02. The van der Waals surface area contributed by atoms with Crippen LogP contribution in [0.1, 0.15) is 64.4 Å². The summed E-state index contributed by atoms with van der Waals surface area (Å²) in [6, 6.07) is 4.81. The smallest absolute Gasteiger partial charge is 0.119 e. The monoisotopic (exact) mass is 344 g/mol. The molecule has 0 saturated heterocycles. The van der Waals surface area contributed by atoms with Crippen LogP contribution in [0.2, 0.25) is 0 Å². The van der Waals surface area contributed by atoms with Gasteiger partial charge >= 0.3 is 0 Å². The van der Waals surface area contributed by atoms with Crippen LogP contribution >= 0.6 is 15.9 Å². The van der Waals surface area contributed by atoms with Crippen molar-refractivity contribution < 1.29 is 10.2 Å². The third-order valence-electron chi connectivity index (χ3n) is 3.02. The molecule has 0 aliphatic carbocycles. The third kappa shape index (κ3) is 11.2. The Bertz CT molecular complexity index is 318. The van der Waals surface area contributed by atoms with E-state index in [9.17, 15) is 10.2 Å². The largest absolute Gasteiger partial charge is 0.508 e. The number of aryl methyl sites for hydroxylation is 1. The minimum atomic E-state index is 0.151. The topological polar surface area (TPSA) is 40.5 Å². The number of benzene rings is 1. The zero-order chi connectivity index (χ0) is 15.2. The molecular formula is C17H29BrO2. The Labute approximate surface area is 132 Å². The van der Waals surface area contributed by atoms with Gasteiger partial charge in [0.1, 0.15) is 11.5 Å². The summed E-state index contributed by atoms with van der Waals surface area (Å²) >= 11 is 3.31. The van der Waals surface area contributed by atoms with Crippen molar-refractivity contribution in [2.75, 3.05) is 5.33 Å². The first kappa shape index (κ1) is 19.3. The lowest BCUT2D eigenvalue weighted by Gasteiger charge is -2.03. The highest BCUT2D eigenvalue weighted by Crippen LogP contribution is 2.21. The van der Waals surface area contributed by atoms with Crippen LogP contribution in [0.25, 0.3) is 0 Å². The van der Waals surface area contributed by atoms with Gasteiger partial charge in [0.25, 0.3) is 0 Å². The van der Waals surface area contributed by atoms with Crippen LogP contribution in [0.3, 0.4) is 0 Å². The highest BCUT2D eigenvalue weighted by molar-refractivity contribution is 9.09. The van der Waals surface area contributed by atoms with Crippen LogP contribution in [-0.4, -0.2) is 15.5 Å². The number of halogens is 1. The molecule has 20 heavy (non-hydrogen) atoms. The van der Waals surface area contributed by atoms with Crippen molar-refractivity contribution in [2.45, 2.75) is 65.2 Å². The quantitative estimate of drug-likeness (QED) is 0.462. The summed E-state index contributed by atoms with van der Waals surface area (Å²) in [5.74, 6) is 0.303. The lowest BCUT2D eigenvalue weighted by molar-refractivity contribution is 0.449. The van der Waals surface area contributed by atoms with Crippen molar-refractivity contribution in [3.05, 3.63) is 23.8 Å². The van der Waals surface area contributed by atoms with Gasteiger partial charge < -0.3 is 10.2 Å². The Kier molecular flexibility index (Phi) is 12.8. The van der Waals surface area contributed by atoms with Crippen LogP contribution in [0.5, 0.6) is 11.5 Å². The Hall–Kier alpha value is -0.700. The van der Waals surface area contributed by atoms with Crippen molar-refractivity contribution in [1.82, 2.24) is 0 Å². The van der Waals surface area contributed by atoms with E-state index >= 15 is 0 Å². The first-order chi connectivity index (χ1) is 9.63. The number of rotatable bonds is 8. The Morgan fingerprint density at radius 2 is 1.35 bits per heavy atom.